The number of phosphoric acid groups is 2. The van der Waals surface area contributed by atoms with Crippen LogP contribution in [0.15, 0.2) is 158 Å². The summed E-state index contributed by atoms with van der Waals surface area (Å²) < 4.78 is 68.5. The van der Waals surface area contributed by atoms with Crippen molar-refractivity contribution >= 4 is 39.5 Å². The number of unbranched alkanes of at least 4 members (excludes halogenated alkanes) is 21. The molecule has 592 valence electrons. The zero-order valence-corrected chi connectivity index (χ0v) is 66.4. The summed E-state index contributed by atoms with van der Waals surface area (Å²) in [5.74, 6) is -2.30. The molecule has 19 heteroatoms. The van der Waals surface area contributed by atoms with Crippen LogP contribution in [0.1, 0.15) is 297 Å². The molecule has 0 spiro atoms. The molecule has 0 aliphatic rings. The number of allylic oxidation sites excluding steroid dienone is 26. The Balaban J connectivity index is 5.43. The Hall–Kier alpha value is -5.32. The second kappa shape index (κ2) is 75.9. The van der Waals surface area contributed by atoms with Crippen molar-refractivity contribution in [3.05, 3.63) is 158 Å². The van der Waals surface area contributed by atoms with Gasteiger partial charge in [-0.1, -0.05) is 269 Å². The first kappa shape index (κ1) is 98.7. The minimum Gasteiger partial charge on any atom is -0.462 e. The zero-order valence-electron chi connectivity index (χ0n) is 64.6. The minimum atomic E-state index is -5.00. The zero-order chi connectivity index (χ0) is 76.0. The van der Waals surface area contributed by atoms with E-state index in [2.05, 4.69) is 174 Å². The second-order valence-corrected chi connectivity index (χ2v) is 28.8. The predicted octanol–water partition coefficient (Wildman–Crippen LogP) is 23.2. The van der Waals surface area contributed by atoms with E-state index < -0.39 is 97.5 Å². The highest BCUT2D eigenvalue weighted by molar-refractivity contribution is 7.47. The summed E-state index contributed by atoms with van der Waals surface area (Å²) in [5, 5.41) is 10.6. The van der Waals surface area contributed by atoms with Gasteiger partial charge in [0.1, 0.15) is 19.3 Å². The molecule has 0 saturated heterocycles. The molecule has 3 N–H and O–H groups in total. The van der Waals surface area contributed by atoms with Crippen LogP contribution in [0.4, 0.5) is 0 Å². The smallest absolute Gasteiger partial charge is 0.462 e. The maximum absolute atomic E-state index is 13.1. The molecule has 0 aliphatic carbocycles. The topological polar surface area (TPSA) is 237 Å². The molecular weight excluding hydrogens is 1350 g/mol. The van der Waals surface area contributed by atoms with E-state index in [9.17, 15) is 43.2 Å². The fraction of sp³-hybridized carbons (Fsp3) is 0.647. The summed E-state index contributed by atoms with van der Waals surface area (Å²) in [6.07, 6.45) is 88.0. The summed E-state index contributed by atoms with van der Waals surface area (Å²) in [6, 6.07) is 0. The quantitative estimate of drug-likeness (QED) is 0.0169. The SMILES string of the molecule is CC/C=C\C/C=C\C/C=C\C/C=C\C/C=C\CCCC(=O)OCC(COP(=O)(O)OCC(O)COP(=O)(O)OCC(COC(=O)CCCCCCCC/C=C\C/C=C\C/C=C\CCCCC)OC(=O)CCCCCCC/C=C\C/C=C\C/C=C\CC)OC(=O)CCCCCCC/C=C\C/C=C\CCC. The largest absolute Gasteiger partial charge is 0.472 e. The highest BCUT2D eigenvalue weighted by Crippen LogP contribution is 2.45. The number of hydrogen-bond acceptors (Lipinski definition) is 15. The molecule has 0 amide bonds. The van der Waals surface area contributed by atoms with E-state index >= 15 is 0 Å². The van der Waals surface area contributed by atoms with Crippen molar-refractivity contribution in [2.45, 2.75) is 316 Å². The molecule has 0 bridgehead atoms. The van der Waals surface area contributed by atoms with Crippen molar-refractivity contribution in [2.75, 3.05) is 39.6 Å². The van der Waals surface area contributed by atoms with Crippen molar-refractivity contribution < 1.29 is 80.2 Å². The van der Waals surface area contributed by atoms with E-state index in [1.807, 2.05) is 12.2 Å². The molecule has 17 nitrogen and oxygen atoms in total. The molecule has 104 heavy (non-hydrogen) atoms. The highest BCUT2D eigenvalue weighted by Gasteiger charge is 2.30. The van der Waals surface area contributed by atoms with Gasteiger partial charge in [-0.25, -0.2) is 9.13 Å². The van der Waals surface area contributed by atoms with E-state index in [1.54, 1.807) is 0 Å². The minimum absolute atomic E-state index is 0.0610. The maximum Gasteiger partial charge on any atom is 0.472 e. The number of ether oxygens (including phenoxy) is 4. The molecule has 0 aliphatic heterocycles. The Morgan fingerprint density at radius 2 is 0.529 bits per heavy atom. The number of carbonyl (C=O) groups excluding carboxylic acids is 4. The van der Waals surface area contributed by atoms with Gasteiger partial charge in [0.25, 0.3) is 0 Å². The van der Waals surface area contributed by atoms with Gasteiger partial charge in [-0.2, -0.15) is 0 Å². The third-order valence-corrected chi connectivity index (χ3v) is 17.8. The first-order valence-electron chi connectivity index (χ1n) is 39.7. The van der Waals surface area contributed by atoms with Crippen molar-refractivity contribution in [1.29, 1.82) is 0 Å². The van der Waals surface area contributed by atoms with E-state index in [-0.39, 0.29) is 25.7 Å². The Morgan fingerprint density at radius 3 is 0.846 bits per heavy atom. The standard InChI is InChI=1S/C85H140O17P2/c1-5-9-13-17-21-25-29-33-36-38-39-41-44-47-50-54-58-62-66-70-83(88)96-76-81(102-85(90)72-68-64-60-56-52-48-42-35-31-27-23-19-15-11-7-3)78-100-104(93,94)98-74-79(86)73-97-103(91,92)99-77-80(101-84(89)71-67-63-59-55-51-45-32-28-24-20-16-12-8-4)75-95-82(87)69-65-61-57-53-49-46-43-40-37-34-30-26-22-18-14-10-6-2/h10-11,14-16,20-23,25-28,32-37,39,41-43,46,53,57,79-81,86H,5-9,12-13,17-19,24,29-31,38,40,44-45,47-52,54-56,58-78H2,1-4H3,(H,91,92)(H,93,94)/b14-10-,15-11-,20-16-,25-21-,26-22-,27-23-,32-28-,36-33-,37-34-,41-39-,42-35-,46-43-,57-53-. The fourth-order valence-corrected chi connectivity index (χ4v) is 11.5. The van der Waals surface area contributed by atoms with Crippen molar-refractivity contribution in [3.63, 3.8) is 0 Å². The van der Waals surface area contributed by atoms with Crippen LogP contribution in [0.3, 0.4) is 0 Å². The molecule has 0 radical (unpaired) electrons. The Bertz CT molecular complexity index is 2590. The van der Waals surface area contributed by atoms with E-state index in [0.717, 1.165) is 193 Å². The molecule has 5 unspecified atom stereocenters. The van der Waals surface area contributed by atoms with Gasteiger partial charge in [-0.05, 0) is 161 Å². The van der Waals surface area contributed by atoms with Crippen LogP contribution in [0, 0.1) is 0 Å². The van der Waals surface area contributed by atoms with E-state index in [1.165, 1.54) is 19.3 Å². The van der Waals surface area contributed by atoms with Gasteiger partial charge in [-0.15, -0.1) is 0 Å². The average Bonchev–Trinajstić information content (AvgIpc) is 0.918. The van der Waals surface area contributed by atoms with Gasteiger partial charge in [-0.3, -0.25) is 37.3 Å². The average molecular weight is 1500 g/mol. The van der Waals surface area contributed by atoms with Gasteiger partial charge in [0, 0.05) is 25.7 Å². The Kier molecular flexibility index (Phi) is 72.0. The lowest BCUT2D eigenvalue weighted by Gasteiger charge is -2.21. The van der Waals surface area contributed by atoms with Crippen LogP contribution in [0.25, 0.3) is 0 Å². The molecular formula is C85H140O17P2. The van der Waals surface area contributed by atoms with E-state index in [0.29, 0.717) is 32.1 Å². The van der Waals surface area contributed by atoms with E-state index in [4.69, 9.17) is 37.0 Å². The van der Waals surface area contributed by atoms with Crippen LogP contribution < -0.4 is 0 Å². The molecule has 0 fully saturated rings. The van der Waals surface area contributed by atoms with Gasteiger partial charge < -0.3 is 33.8 Å². The number of aliphatic hydroxyl groups excluding tert-OH is 1. The Morgan fingerprint density at radius 1 is 0.279 bits per heavy atom. The van der Waals surface area contributed by atoms with Crippen LogP contribution in [0.5, 0.6) is 0 Å². The van der Waals surface area contributed by atoms with Crippen molar-refractivity contribution in [1.82, 2.24) is 0 Å². The van der Waals surface area contributed by atoms with Gasteiger partial charge in [0.2, 0.25) is 0 Å². The molecule has 5 atom stereocenters. The molecule has 0 rings (SSSR count). The second-order valence-electron chi connectivity index (χ2n) is 25.9. The summed E-state index contributed by atoms with van der Waals surface area (Å²) >= 11 is 0. The van der Waals surface area contributed by atoms with Crippen molar-refractivity contribution in [3.8, 4) is 0 Å². The number of esters is 4. The normalized spacial score (nSPS) is 14.7. The summed E-state index contributed by atoms with van der Waals surface area (Å²) in [5.41, 5.74) is 0. The van der Waals surface area contributed by atoms with Gasteiger partial charge >= 0.3 is 39.5 Å². The number of rotatable bonds is 73. The maximum atomic E-state index is 13.1. The lowest BCUT2D eigenvalue weighted by Crippen LogP contribution is -2.30. The summed E-state index contributed by atoms with van der Waals surface area (Å²) in [7, 11) is -10.00. The van der Waals surface area contributed by atoms with Gasteiger partial charge in [0.15, 0.2) is 12.2 Å². The van der Waals surface area contributed by atoms with Crippen LogP contribution in [-0.2, 0) is 65.4 Å². The lowest BCUT2D eigenvalue weighted by molar-refractivity contribution is -0.161. The van der Waals surface area contributed by atoms with Crippen molar-refractivity contribution in [2.24, 2.45) is 0 Å². The summed E-state index contributed by atoms with van der Waals surface area (Å²) in [4.78, 5) is 73.0. The number of phosphoric ester groups is 2. The molecule has 0 aromatic rings. The highest BCUT2D eigenvalue weighted by atomic mass is 31.2. The van der Waals surface area contributed by atoms with Crippen LogP contribution in [0.2, 0.25) is 0 Å². The fourth-order valence-electron chi connectivity index (χ4n) is 9.96. The Labute approximate surface area is 629 Å². The first-order valence-corrected chi connectivity index (χ1v) is 42.7. The monoisotopic (exact) mass is 1490 g/mol. The number of carbonyl (C=O) groups is 4. The molecule has 0 aromatic heterocycles. The third kappa shape index (κ3) is 74.9. The molecule has 0 aromatic carbocycles. The number of aliphatic hydroxyl groups is 1. The molecule has 0 saturated carbocycles. The third-order valence-electron chi connectivity index (χ3n) is 15.9. The predicted molar refractivity (Wildman–Crippen MR) is 427 cm³/mol. The van der Waals surface area contributed by atoms with Gasteiger partial charge in [0.05, 0.1) is 26.4 Å². The summed E-state index contributed by atoms with van der Waals surface area (Å²) in [6.45, 7) is 4.43. The molecule has 0 heterocycles. The van der Waals surface area contributed by atoms with Crippen LogP contribution in [-0.4, -0.2) is 96.7 Å². The lowest BCUT2D eigenvalue weighted by atomic mass is 10.1. The first-order chi connectivity index (χ1) is 50.7. The number of hydrogen-bond donors (Lipinski definition) is 3. The van der Waals surface area contributed by atoms with Crippen LogP contribution >= 0.6 is 15.6 Å².